The molecule has 0 spiro atoms. The first-order valence-electron chi connectivity index (χ1n) is 8.62. The molecule has 2 rings (SSSR count). The third-order valence-corrected chi connectivity index (χ3v) is 4.35. The number of aliphatic hydroxyl groups is 1. The van der Waals surface area contributed by atoms with Crippen LogP contribution in [0.4, 0.5) is 4.79 Å². The van der Waals surface area contributed by atoms with Gasteiger partial charge in [-0.25, -0.2) is 4.79 Å². The summed E-state index contributed by atoms with van der Waals surface area (Å²) >= 11 is 0. The van der Waals surface area contributed by atoms with Gasteiger partial charge in [0.2, 0.25) is 0 Å². The van der Waals surface area contributed by atoms with Crippen molar-refractivity contribution >= 4 is 6.03 Å². The number of hydrogen-bond acceptors (Lipinski definition) is 2. The number of urea groups is 1. The standard InChI is InChI=1S/C19H28N2O2/c1-2-3-6-13-20-19(23)21(14-8-15-22)18-12-7-10-16-9-4-5-11-17(16)18/h2-5,9,11,18,22H,6-8,10,12-15H2,1H3,(H,20,23)/b3-2+. The normalized spacial score (nSPS) is 17.0. The molecule has 0 fully saturated rings. The van der Waals surface area contributed by atoms with Crippen molar-refractivity contribution in [1.82, 2.24) is 10.2 Å². The molecule has 1 unspecified atom stereocenters. The zero-order valence-corrected chi connectivity index (χ0v) is 14.0. The van der Waals surface area contributed by atoms with Crippen LogP contribution in [0.25, 0.3) is 0 Å². The van der Waals surface area contributed by atoms with E-state index >= 15 is 0 Å². The molecule has 23 heavy (non-hydrogen) atoms. The SMILES string of the molecule is C/C=C/CCNC(=O)N(CCCO)C1CCCc2ccccc21. The molecule has 126 valence electrons. The number of aryl methyl sites for hydroxylation is 1. The van der Waals surface area contributed by atoms with Crippen LogP contribution < -0.4 is 5.32 Å². The fourth-order valence-electron chi connectivity index (χ4n) is 3.22. The lowest BCUT2D eigenvalue weighted by atomic mass is 9.87. The molecule has 2 amide bonds. The molecule has 1 atom stereocenters. The van der Waals surface area contributed by atoms with Crippen molar-refractivity contribution in [3.05, 3.63) is 47.5 Å². The molecule has 0 saturated heterocycles. The average Bonchev–Trinajstić information content (AvgIpc) is 2.59. The fraction of sp³-hybridized carbons (Fsp3) is 0.526. The average molecular weight is 316 g/mol. The Morgan fingerprint density at radius 1 is 1.43 bits per heavy atom. The number of amides is 2. The Labute approximate surface area is 139 Å². The molecule has 4 heteroatoms. The van der Waals surface area contributed by atoms with Gasteiger partial charge >= 0.3 is 6.03 Å². The number of aliphatic hydroxyl groups excluding tert-OH is 1. The Morgan fingerprint density at radius 3 is 3.04 bits per heavy atom. The molecular formula is C19H28N2O2. The molecule has 0 saturated carbocycles. The molecule has 0 radical (unpaired) electrons. The lowest BCUT2D eigenvalue weighted by Gasteiger charge is -2.36. The quantitative estimate of drug-likeness (QED) is 0.598. The molecule has 1 aromatic rings. The van der Waals surface area contributed by atoms with Gasteiger partial charge in [-0.2, -0.15) is 0 Å². The highest BCUT2D eigenvalue weighted by Gasteiger charge is 2.28. The first-order valence-corrected chi connectivity index (χ1v) is 8.62. The highest BCUT2D eigenvalue weighted by Crippen LogP contribution is 2.34. The van der Waals surface area contributed by atoms with Crippen LogP contribution >= 0.6 is 0 Å². The lowest BCUT2D eigenvalue weighted by molar-refractivity contribution is 0.158. The van der Waals surface area contributed by atoms with Gasteiger partial charge in [0.15, 0.2) is 0 Å². The van der Waals surface area contributed by atoms with Gasteiger partial charge < -0.3 is 15.3 Å². The lowest BCUT2D eigenvalue weighted by Crippen LogP contribution is -2.44. The predicted molar refractivity (Wildman–Crippen MR) is 93.4 cm³/mol. The molecule has 1 aliphatic carbocycles. The minimum absolute atomic E-state index is 0.0235. The number of carbonyl (C=O) groups is 1. The highest BCUT2D eigenvalue weighted by atomic mass is 16.3. The van der Waals surface area contributed by atoms with E-state index in [1.807, 2.05) is 30.0 Å². The van der Waals surface area contributed by atoms with Crippen molar-refractivity contribution in [3.63, 3.8) is 0 Å². The van der Waals surface area contributed by atoms with Crippen molar-refractivity contribution in [3.8, 4) is 0 Å². The van der Waals surface area contributed by atoms with E-state index in [9.17, 15) is 4.79 Å². The van der Waals surface area contributed by atoms with Crippen LogP contribution in [0.1, 0.15) is 49.8 Å². The smallest absolute Gasteiger partial charge is 0.317 e. The molecule has 1 aromatic carbocycles. The Bertz CT molecular complexity index is 528. The van der Waals surface area contributed by atoms with Gasteiger partial charge in [0.1, 0.15) is 0 Å². The van der Waals surface area contributed by atoms with Gasteiger partial charge in [-0.1, -0.05) is 36.4 Å². The Hall–Kier alpha value is -1.81. The number of allylic oxidation sites excluding steroid dienone is 1. The van der Waals surface area contributed by atoms with Crippen LogP contribution in [-0.4, -0.2) is 35.7 Å². The number of nitrogens with one attached hydrogen (secondary N) is 1. The monoisotopic (exact) mass is 316 g/mol. The van der Waals surface area contributed by atoms with E-state index in [1.54, 1.807) is 0 Å². The highest BCUT2D eigenvalue weighted by molar-refractivity contribution is 5.75. The predicted octanol–water partition coefficient (Wildman–Crippen LogP) is 3.42. The molecule has 0 bridgehead atoms. The summed E-state index contributed by atoms with van der Waals surface area (Å²) in [5.74, 6) is 0. The van der Waals surface area contributed by atoms with Crippen LogP contribution in [0.3, 0.4) is 0 Å². The maximum absolute atomic E-state index is 12.6. The van der Waals surface area contributed by atoms with Gasteiger partial charge in [0, 0.05) is 19.7 Å². The molecule has 0 aliphatic heterocycles. The summed E-state index contributed by atoms with van der Waals surface area (Å²) in [6.45, 7) is 3.32. The van der Waals surface area contributed by atoms with Crippen molar-refractivity contribution in [1.29, 1.82) is 0 Å². The van der Waals surface area contributed by atoms with Gasteiger partial charge in [-0.15, -0.1) is 0 Å². The van der Waals surface area contributed by atoms with Gasteiger partial charge in [0.05, 0.1) is 6.04 Å². The van der Waals surface area contributed by atoms with Crippen molar-refractivity contribution in [2.75, 3.05) is 19.7 Å². The number of rotatable bonds is 7. The van der Waals surface area contributed by atoms with Crippen LogP contribution in [0.15, 0.2) is 36.4 Å². The first kappa shape index (κ1) is 17.5. The summed E-state index contributed by atoms with van der Waals surface area (Å²) in [4.78, 5) is 14.5. The summed E-state index contributed by atoms with van der Waals surface area (Å²) in [7, 11) is 0. The molecule has 4 nitrogen and oxygen atoms in total. The third-order valence-electron chi connectivity index (χ3n) is 4.35. The fourth-order valence-corrected chi connectivity index (χ4v) is 3.22. The molecular weight excluding hydrogens is 288 g/mol. The van der Waals surface area contributed by atoms with E-state index in [-0.39, 0.29) is 18.7 Å². The van der Waals surface area contributed by atoms with Gasteiger partial charge in [0.25, 0.3) is 0 Å². The molecule has 2 N–H and O–H groups in total. The molecule has 0 heterocycles. The second kappa shape index (κ2) is 9.36. The van der Waals surface area contributed by atoms with Crippen LogP contribution in [0.5, 0.6) is 0 Å². The largest absolute Gasteiger partial charge is 0.396 e. The number of nitrogens with zero attached hydrogens (tertiary/aromatic N) is 1. The maximum atomic E-state index is 12.6. The zero-order valence-electron chi connectivity index (χ0n) is 14.0. The van der Waals surface area contributed by atoms with Crippen LogP contribution in [-0.2, 0) is 6.42 Å². The number of carbonyl (C=O) groups excluding carboxylic acids is 1. The van der Waals surface area contributed by atoms with E-state index < -0.39 is 0 Å². The Kier molecular flexibility index (Phi) is 7.14. The Morgan fingerprint density at radius 2 is 2.26 bits per heavy atom. The van der Waals surface area contributed by atoms with E-state index in [0.29, 0.717) is 19.5 Å². The summed E-state index contributed by atoms with van der Waals surface area (Å²) < 4.78 is 0. The summed E-state index contributed by atoms with van der Waals surface area (Å²) in [5.41, 5.74) is 2.61. The summed E-state index contributed by atoms with van der Waals surface area (Å²) in [6.07, 6.45) is 8.68. The van der Waals surface area contributed by atoms with Gasteiger partial charge in [-0.3, -0.25) is 0 Å². The van der Waals surface area contributed by atoms with E-state index in [4.69, 9.17) is 5.11 Å². The van der Waals surface area contributed by atoms with E-state index in [2.05, 4.69) is 23.5 Å². The minimum atomic E-state index is -0.0235. The van der Waals surface area contributed by atoms with Crippen LogP contribution in [0.2, 0.25) is 0 Å². The minimum Gasteiger partial charge on any atom is -0.396 e. The molecule has 1 aliphatic rings. The molecule has 0 aromatic heterocycles. The van der Waals surface area contributed by atoms with Crippen molar-refractivity contribution in [2.45, 2.75) is 45.1 Å². The number of benzene rings is 1. The second-order valence-corrected chi connectivity index (χ2v) is 5.97. The number of fused-ring (bicyclic) bond motifs is 1. The topological polar surface area (TPSA) is 52.6 Å². The van der Waals surface area contributed by atoms with Gasteiger partial charge in [-0.05, 0) is 50.2 Å². The van der Waals surface area contributed by atoms with E-state index in [0.717, 1.165) is 25.7 Å². The summed E-state index contributed by atoms with van der Waals surface area (Å²) in [6, 6.07) is 8.51. The third kappa shape index (κ3) is 4.83. The summed E-state index contributed by atoms with van der Waals surface area (Å²) in [5, 5.41) is 12.2. The Balaban J connectivity index is 2.10. The van der Waals surface area contributed by atoms with Crippen molar-refractivity contribution < 1.29 is 9.90 Å². The zero-order chi connectivity index (χ0) is 16.5. The number of hydrogen-bond donors (Lipinski definition) is 2. The van der Waals surface area contributed by atoms with E-state index in [1.165, 1.54) is 11.1 Å². The second-order valence-electron chi connectivity index (χ2n) is 5.97. The maximum Gasteiger partial charge on any atom is 0.317 e. The van der Waals surface area contributed by atoms with Crippen molar-refractivity contribution in [2.24, 2.45) is 0 Å². The van der Waals surface area contributed by atoms with Crippen LogP contribution in [0, 0.1) is 0 Å². The first-order chi connectivity index (χ1) is 11.3.